The molecule has 0 radical (unpaired) electrons. The highest BCUT2D eigenvalue weighted by molar-refractivity contribution is 5.98. The molecule has 1 aromatic heterocycles. The molecule has 1 saturated heterocycles. The first-order valence-electron chi connectivity index (χ1n) is 16.4. The lowest BCUT2D eigenvalue weighted by Gasteiger charge is -2.42. The van der Waals surface area contributed by atoms with Crippen molar-refractivity contribution in [3.63, 3.8) is 0 Å². The fourth-order valence-corrected chi connectivity index (χ4v) is 8.78. The third kappa shape index (κ3) is 4.25. The Hall–Kier alpha value is -3.90. The molecule has 0 bridgehead atoms. The fraction of sp³-hybridized carbons (Fsp3) is 0.421. The van der Waals surface area contributed by atoms with Crippen LogP contribution in [0.3, 0.4) is 0 Å². The first kappa shape index (κ1) is 27.6. The van der Waals surface area contributed by atoms with E-state index in [9.17, 15) is 4.79 Å². The van der Waals surface area contributed by atoms with E-state index >= 15 is 4.79 Å². The van der Waals surface area contributed by atoms with Gasteiger partial charge in [0, 0.05) is 54.1 Å². The van der Waals surface area contributed by atoms with Gasteiger partial charge in [-0.15, -0.1) is 0 Å². The van der Waals surface area contributed by atoms with Crippen LogP contribution in [0.2, 0.25) is 0 Å². The molecule has 6 nitrogen and oxygen atoms in total. The summed E-state index contributed by atoms with van der Waals surface area (Å²) in [6, 6.07) is 23.2. The number of ether oxygens (including phenoxy) is 1. The van der Waals surface area contributed by atoms with E-state index in [0.29, 0.717) is 18.0 Å². The zero-order valence-corrected chi connectivity index (χ0v) is 25.8. The van der Waals surface area contributed by atoms with Gasteiger partial charge in [-0.2, -0.15) is 0 Å². The SMILES string of the molecule is COc1ccc2c(c1)C1CC1(C(=O)N1CCN(C)CC1c1ccccc1)Cn1c-2c(C2CCCCC2)c2ccc(C=O)cc21. The van der Waals surface area contributed by atoms with Gasteiger partial charge in [0.2, 0.25) is 5.91 Å². The predicted molar refractivity (Wildman–Crippen MR) is 173 cm³/mol. The van der Waals surface area contributed by atoms with Crippen molar-refractivity contribution in [2.75, 3.05) is 33.8 Å². The number of likely N-dealkylation sites (N-methyl/N-ethyl adjacent to an activating group) is 1. The quantitative estimate of drug-likeness (QED) is 0.232. The minimum absolute atomic E-state index is 0.0199. The Morgan fingerprint density at radius 2 is 1.80 bits per heavy atom. The topological polar surface area (TPSA) is 54.8 Å². The van der Waals surface area contributed by atoms with Crippen molar-refractivity contribution in [3.05, 3.63) is 89.0 Å². The Morgan fingerprint density at radius 3 is 2.57 bits per heavy atom. The number of amides is 1. The first-order chi connectivity index (χ1) is 21.5. The van der Waals surface area contributed by atoms with Crippen LogP contribution in [-0.2, 0) is 11.3 Å². The molecule has 3 heterocycles. The Morgan fingerprint density at radius 1 is 0.977 bits per heavy atom. The maximum Gasteiger partial charge on any atom is 0.231 e. The van der Waals surface area contributed by atoms with Gasteiger partial charge in [-0.3, -0.25) is 9.59 Å². The number of fused-ring (bicyclic) bond motifs is 7. The molecule has 0 N–H and O–H groups in total. The van der Waals surface area contributed by atoms with Crippen molar-refractivity contribution < 1.29 is 14.3 Å². The monoisotopic (exact) mass is 587 g/mol. The zero-order chi connectivity index (χ0) is 30.0. The van der Waals surface area contributed by atoms with E-state index in [2.05, 4.69) is 76.0 Å². The Balaban J connectivity index is 1.32. The first-order valence-corrected chi connectivity index (χ1v) is 16.4. The molecule has 6 heteroatoms. The summed E-state index contributed by atoms with van der Waals surface area (Å²) in [6.07, 6.45) is 7.92. The molecular formula is C38H41N3O3. The largest absolute Gasteiger partial charge is 0.497 e. The number of carbonyl (C=O) groups excluding carboxylic acids is 2. The molecular weight excluding hydrogens is 546 g/mol. The van der Waals surface area contributed by atoms with Crippen LogP contribution in [0.4, 0.5) is 0 Å². The molecule has 3 aromatic carbocycles. The molecule has 44 heavy (non-hydrogen) atoms. The van der Waals surface area contributed by atoms with Gasteiger partial charge in [0.05, 0.1) is 24.3 Å². The van der Waals surface area contributed by atoms with Gasteiger partial charge in [0.25, 0.3) is 0 Å². The molecule has 3 atom stereocenters. The molecule has 3 fully saturated rings. The van der Waals surface area contributed by atoms with Gasteiger partial charge in [-0.1, -0.05) is 61.7 Å². The lowest BCUT2D eigenvalue weighted by molar-refractivity contribution is -0.143. The maximum atomic E-state index is 15.1. The van der Waals surface area contributed by atoms with Crippen molar-refractivity contribution in [1.82, 2.24) is 14.4 Å². The molecule has 0 spiro atoms. The zero-order valence-electron chi connectivity index (χ0n) is 25.8. The highest BCUT2D eigenvalue weighted by Crippen LogP contribution is 2.66. The summed E-state index contributed by atoms with van der Waals surface area (Å²) in [6.45, 7) is 3.04. The molecule has 4 aromatic rings. The number of rotatable bonds is 5. The smallest absolute Gasteiger partial charge is 0.231 e. The summed E-state index contributed by atoms with van der Waals surface area (Å²) in [5, 5.41) is 1.24. The molecule has 2 aliphatic carbocycles. The van der Waals surface area contributed by atoms with Gasteiger partial charge >= 0.3 is 0 Å². The normalized spacial score (nSPS) is 25.1. The van der Waals surface area contributed by atoms with Crippen molar-refractivity contribution in [2.24, 2.45) is 5.41 Å². The third-order valence-electron chi connectivity index (χ3n) is 11.1. The van der Waals surface area contributed by atoms with Gasteiger partial charge < -0.3 is 19.1 Å². The van der Waals surface area contributed by atoms with E-state index in [0.717, 1.165) is 43.6 Å². The summed E-state index contributed by atoms with van der Waals surface area (Å²) in [5.41, 5.74) is 7.55. The molecule has 2 saturated carbocycles. The molecule has 2 aliphatic heterocycles. The average Bonchev–Trinajstić information content (AvgIpc) is 3.75. The highest BCUT2D eigenvalue weighted by Gasteiger charge is 2.64. The van der Waals surface area contributed by atoms with E-state index in [1.165, 1.54) is 65.4 Å². The average molecular weight is 588 g/mol. The van der Waals surface area contributed by atoms with E-state index in [4.69, 9.17) is 4.74 Å². The Labute approximate surface area is 259 Å². The number of hydrogen-bond acceptors (Lipinski definition) is 4. The van der Waals surface area contributed by atoms with Crippen LogP contribution >= 0.6 is 0 Å². The van der Waals surface area contributed by atoms with E-state index in [1.54, 1.807) is 7.11 Å². The highest BCUT2D eigenvalue weighted by atomic mass is 16.5. The van der Waals surface area contributed by atoms with Crippen molar-refractivity contribution in [1.29, 1.82) is 0 Å². The number of piperazine rings is 1. The number of benzene rings is 3. The number of aromatic nitrogens is 1. The molecule has 3 unspecified atom stereocenters. The van der Waals surface area contributed by atoms with Crippen LogP contribution in [0.15, 0.2) is 66.7 Å². The molecule has 1 amide bonds. The van der Waals surface area contributed by atoms with Gasteiger partial charge in [-0.25, -0.2) is 0 Å². The second-order valence-electron chi connectivity index (χ2n) is 13.6. The van der Waals surface area contributed by atoms with Crippen LogP contribution in [0, 0.1) is 5.41 Å². The molecule has 4 aliphatic rings. The minimum Gasteiger partial charge on any atom is -0.497 e. The van der Waals surface area contributed by atoms with Gasteiger partial charge in [0.15, 0.2) is 0 Å². The second-order valence-corrected chi connectivity index (χ2v) is 13.6. The number of hydrogen-bond donors (Lipinski definition) is 0. The number of carbonyl (C=O) groups is 2. The number of aldehydes is 1. The van der Waals surface area contributed by atoms with Crippen LogP contribution < -0.4 is 4.74 Å². The Kier molecular flexibility index (Phi) is 6.67. The summed E-state index contributed by atoms with van der Waals surface area (Å²) in [5.74, 6) is 1.70. The summed E-state index contributed by atoms with van der Waals surface area (Å²) in [4.78, 5) is 31.7. The lowest BCUT2D eigenvalue weighted by atomic mass is 9.81. The number of methoxy groups -OCH3 is 1. The third-order valence-corrected chi connectivity index (χ3v) is 11.1. The van der Waals surface area contributed by atoms with Crippen molar-refractivity contribution in [2.45, 2.75) is 62.9 Å². The van der Waals surface area contributed by atoms with Crippen LogP contribution in [0.25, 0.3) is 22.2 Å². The van der Waals surface area contributed by atoms with Gasteiger partial charge in [0.1, 0.15) is 12.0 Å². The second kappa shape index (κ2) is 10.6. The summed E-state index contributed by atoms with van der Waals surface area (Å²) in [7, 11) is 3.88. The minimum atomic E-state index is -0.539. The van der Waals surface area contributed by atoms with E-state index in [1.807, 2.05) is 12.1 Å². The summed E-state index contributed by atoms with van der Waals surface area (Å²) >= 11 is 0. The van der Waals surface area contributed by atoms with Crippen molar-refractivity contribution in [3.8, 4) is 17.0 Å². The van der Waals surface area contributed by atoms with E-state index in [-0.39, 0.29) is 17.9 Å². The van der Waals surface area contributed by atoms with Crippen LogP contribution in [-0.4, -0.2) is 60.4 Å². The molecule has 226 valence electrons. The number of nitrogens with zero attached hydrogens (tertiary/aromatic N) is 3. The fourth-order valence-electron chi connectivity index (χ4n) is 8.78. The predicted octanol–water partition coefficient (Wildman–Crippen LogP) is 7.18. The summed E-state index contributed by atoms with van der Waals surface area (Å²) < 4.78 is 8.20. The van der Waals surface area contributed by atoms with Gasteiger partial charge in [-0.05, 0) is 73.2 Å². The van der Waals surface area contributed by atoms with E-state index < -0.39 is 5.41 Å². The van der Waals surface area contributed by atoms with Crippen LogP contribution in [0.1, 0.15) is 83.5 Å². The van der Waals surface area contributed by atoms with Crippen LogP contribution in [0.5, 0.6) is 5.75 Å². The Bertz CT molecular complexity index is 1750. The van der Waals surface area contributed by atoms with Crippen molar-refractivity contribution >= 4 is 23.1 Å². The standard InChI is InChI=1S/C38H41N3O3/c1-39-17-18-40(34(22-39)26-9-5-3-6-10-26)37(43)38-21-32(38)31-20-28(44-2)14-16-29(31)36-35(27-11-7-4-8-12-27)30-15-13-25(23-42)19-33(30)41(36)24-38/h3,5-6,9-10,13-16,19-20,23,27,32,34H,4,7-8,11-12,17-18,21-22,24H2,1-2H3. The lowest BCUT2D eigenvalue weighted by Crippen LogP contribution is -2.52. The maximum absolute atomic E-state index is 15.1. The molecule has 8 rings (SSSR count).